The molecule has 8 heteroatoms. The van der Waals surface area contributed by atoms with Gasteiger partial charge in [-0.05, 0) is 24.3 Å². The van der Waals surface area contributed by atoms with E-state index in [0.717, 1.165) is 0 Å². The normalized spacial score (nSPS) is 9.95. The topological polar surface area (TPSA) is 117 Å². The minimum atomic E-state index is -0.566. The standard InChI is InChI=1S/C11H10N4O4/c1-19-10(17)6-2-4-7(5-3-6)12-9(16)8-13-11(18)15-14-8/h2-5H,1H3,(H,12,16)(H2,13,14,15,18). The molecule has 0 aliphatic heterocycles. The summed E-state index contributed by atoms with van der Waals surface area (Å²) in [6.45, 7) is 0. The Kier molecular flexibility index (Phi) is 3.42. The van der Waals surface area contributed by atoms with Crippen molar-refractivity contribution in [3.63, 3.8) is 0 Å². The number of aromatic amines is 2. The lowest BCUT2D eigenvalue weighted by Gasteiger charge is -2.03. The second kappa shape index (κ2) is 5.17. The highest BCUT2D eigenvalue weighted by atomic mass is 16.5. The van der Waals surface area contributed by atoms with Crippen LogP contribution < -0.4 is 11.0 Å². The van der Waals surface area contributed by atoms with Crippen LogP contribution in [0.1, 0.15) is 21.0 Å². The maximum atomic E-state index is 11.6. The molecule has 0 saturated carbocycles. The molecule has 2 rings (SSSR count). The van der Waals surface area contributed by atoms with Gasteiger partial charge < -0.3 is 10.1 Å². The Morgan fingerprint density at radius 1 is 1.26 bits per heavy atom. The van der Waals surface area contributed by atoms with Crippen molar-refractivity contribution in [2.75, 3.05) is 12.4 Å². The Hall–Kier alpha value is -2.90. The van der Waals surface area contributed by atoms with Crippen molar-refractivity contribution < 1.29 is 14.3 Å². The number of hydrogen-bond acceptors (Lipinski definition) is 5. The Balaban J connectivity index is 2.09. The number of amides is 1. The van der Waals surface area contributed by atoms with Crippen LogP contribution in [0, 0.1) is 0 Å². The van der Waals surface area contributed by atoms with Crippen molar-refractivity contribution in [1.29, 1.82) is 0 Å². The highest BCUT2D eigenvalue weighted by molar-refractivity contribution is 6.01. The predicted octanol–water partition coefficient (Wildman–Crippen LogP) is 0.137. The van der Waals surface area contributed by atoms with Crippen LogP contribution in [-0.2, 0) is 4.74 Å². The number of ether oxygens (including phenoxy) is 1. The van der Waals surface area contributed by atoms with E-state index in [4.69, 9.17) is 0 Å². The van der Waals surface area contributed by atoms with Crippen LogP contribution >= 0.6 is 0 Å². The van der Waals surface area contributed by atoms with Crippen LogP contribution in [-0.4, -0.2) is 34.2 Å². The third-order valence-electron chi connectivity index (χ3n) is 2.28. The largest absolute Gasteiger partial charge is 0.465 e. The van der Waals surface area contributed by atoms with Gasteiger partial charge in [0.25, 0.3) is 5.91 Å². The number of anilines is 1. The minimum Gasteiger partial charge on any atom is -0.465 e. The summed E-state index contributed by atoms with van der Waals surface area (Å²) >= 11 is 0. The van der Waals surface area contributed by atoms with E-state index in [0.29, 0.717) is 11.3 Å². The molecule has 1 heterocycles. The van der Waals surface area contributed by atoms with Crippen molar-refractivity contribution >= 4 is 17.6 Å². The molecule has 0 bridgehead atoms. The summed E-state index contributed by atoms with van der Waals surface area (Å²) in [5, 5.41) is 8.09. The van der Waals surface area contributed by atoms with E-state index in [2.05, 4.69) is 25.2 Å². The maximum Gasteiger partial charge on any atom is 0.341 e. The summed E-state index contributed by atoms with van der Waals surface area (Å²) in [7, 11) is 1.28. The fourth-order valence-corrected chi connectivity index (χ4v) is 1.38. The van der Waals surface area contributed by atoms with Crippen molar-refractivity contribution in [2.45, 2.75) is 0 Å². The van der Waals surface area contributed by atoms with Crippen molar-refractivity contribution in [3.05, 3.63) is 46.1 Å². The van der Waals surface area contributed by atoms with Crippen LogP contribution in [0.15, 0.2) is 29.1 Å². The molecule has 98 valence electrons. The molecule has 0 atom stereocenters. The van der Waals surface area contributed by atoms with Gasteiger partial charge in [-0.15, -0.1) is 5.10 Å². The third kappa shape index (κ3) is 2.86. The molecule has 1 aromatic carbocycles. The van der Waals surface area contributed by atoms with Crippen LogP contribution in [0.25, 0.3) is 0 Å². The van der Waals surface area contributed by atoms with Gasteiger partial charge in [0.1, 0.15) is 0 Å². The van der Waals surface area contributed by atoms with Crippen LogP contribution in [0.2, 0.25) is 0 Å². The van der Waals surface area contributed by atoms with Gasteiger partial charge in [-0.3, -0.25) is 9.78 Å². The Labute approximate surface area is 106 Å². The van der Waals surface area contributed by atoms with Gasteiger partial charge in [-0.2, -0.15) is 0 Å². The highest BCUT2D eigenvalue weighted by Gasteiger charge is 2.11. The summed E-state index contributed by atoms with van der Waals surface area (Å²) in [5.74, 6) is -1.15. The molecule has 0 spiro atoms. The zero-order valence-corrected chi connectivity index (χ0v) is 9.89. The molecule has 0 aliphatic rings. The number of esters is 1. The fraction of sp³-hybridized carbons (Fsp3) is 0.0909. The highest BCUT2D eigenvalue weighted by Crippen LogP contribution is 2.10. The zero-order valence-electron chi connectivity index (χ0n) is 9.89. The molecule has 2 aromatic rings. The summed E-state index contributed by atoms with van der Waals surface area (Å²) < 4.78 is 4.55. The first kappa shape index (κ1) is 12.6. The Morgan fingerprint density at radius 3 is 2.47 bits per heavy atom. The summed E-state index contributed by atoms with van der Waals surface area (Å²) in [5.41, 5.74) is 0.265. The van der Waals surface area contributed by atoms with Gasteiger partial charge in [-0.25, -0.2) is 14.7 Å². The van der Waals surface area contributed by atoms with E-state index in [1.165, 1.54) is 31.4 Å². The quantitative estimate of drug-likeness (QED) is 0.680. The number of aromatic nitrogens is 3. The van der Waals surface area contributed by atoms with Gasteiger partial charge in [0.2, 0.25) is 5.82 Å². The number of hydrogen-bond donors (Lipinski definition) is 3. The van der Waals surface area contributed by atoms with Gasteiger partial charge in [0, 0.05) is 5.69 Å². The molecule has 0 radical (unpaired) electrons. The number of carbonyl (C=O) groups excluding carboxylic acids is 2. The van der Waals surface area contributed by atoms with Crippen LogP contribution in [0.5, 0.6) is 0 Å². The average molecular weight is 262 g/mol. The first-order valence-electron chi connectivity index (χ1n) is 5.24. The molecule has 8 nitrogen and oxygen atoms in total. The number of nitrogens with one attached hydrogen (secondary N) is 3. The third-order valence-corrected chi connectivity index (χ3v) is 2.28. The predicted molar refractivity (Wildman–Crippen MR) is 64.9 cm³/mol. The number of nitrogens with zero attached hydrogens (tertiary/aromatic N) is 1. The van der Waals surface area contributed by atoms with Crippen molar-refractivity contribution in [1.82, 2.24) is 15.2 Å². The fourth-order valence-electron chi connectivity index (χ4n) is 1.38. The van der Waals surface area contributed by atoms with E-state index in [-0.39, 0.29) is 5.82 Å². The lowest BCUT2D eigenvalue weighted by Crippen LogP contribution is -2.15. The number of rotatable bonds is 3. The van der Waals surface area contributed by atoms with E-state index >= 15 is 0 Å². The molecule has 0 aliphatic carbocycles. The first-order chi connectivity index (χ1) is 9.10. The van der Waals surface area contributed by atoms with E-state index in [9.17, 15) is 14.4 Å². The summed E-state index contributed by atoms with van der Waals surface area (Å²) in [4.78, 5) is 35.9. The average Bonchev–Trinajstić information content (AvgIpc) is 2.85. The lowest BCUT2D eigenvalue weighted by molar-refractivity contribution is 0.0600. The van der Waals surface area contributed by atoms with E-state index < -0.39 is 17.6 Å². The molecule has 1 aromatic heterocycles. The maximum absolute atomic E-state index is 11.6. The van der Waals surface area contributed by atoms with Gasteiger partial charge >= 0.3 is 11.7 Å². The summed E-state index contributed by atoms with van der Waals surface area (Å²) in [6, 6.07) is 6.09. The zero-order chi connectivity index (χ0) is 13.8. The van der Waals surface area contributed by atoms with Gasteiger partial charge in [0.05, 0.1) is 12.7 Å². The molecule has 0 saturated heterocycles. The monoisotopic (exact) mass is 262 g/mol. The van der Waals surface area contributed by atoms with Crippen LogP contribution in [0.4, 0.5) is 5.69 Å². The molecular weight excluding hydrogens is 252 g/mol. The second-order valence-electron chi connectivity index (χ2n) is 3.55. The number of carbonyl (C=O) groups is 2. The smallest absolute Gasteiger partial charge is 0.341 e. The second-order valence-corrected chi connectivity index (χ2v) is 3.55. The van der Waals surface area contributed by atoms with Gasteiger partial charge in [0.15, 0.2) is 0 Å². The Bertz CT molecular complexity index is 656. The first-order valence-corrected chi connectivity index (χ1v) is 5.24. The Morgan fingerprint density at radius 2 is 1.95 bits per heavy atom. The minimum absolute atomic E-state index is 0.123. The number of benzene rings is 1. The number of H-pyrrole nitrogens is 2. The van der Waals surface area contributed by atoms with E-state index in [1.54, 1.807) is 0 Å². The van der Waals surface area contributed by atoms with Crippen molar-refractivity contribution in [2.24, 2.45) is 0 Å². The lowest BCUT2D eigenvalue weighted by atomic mass is 10.2. The molecule has 19 heavy (non-hydrogen) atoms. The van der Waals surface area contributed by atoms with E-state index in [1.807, 2.05) is 0 Å². The molecule has 0 unspecified atom stereocenters. The van der Waals surface area contributed by atoms with Crippen molar-refractivity contribution in [3.8, 4) is 0 Å². The SMILES string of the molecule is COC(=O)c1ccc(NC(=O)c2n[nH]c(=O)[nH]2)cc1. The molecular formula is C11H10N4O4. The van der Waals surface area contributed by atoms with Crippen LogP contribution in [0.3, 0.4) is 0 Å². The molecule has 3 N–H and O–H groups in total. The van der Waals surface area contributed by atoms with Gasteiger partial charge in [-0.1, -0.05) is 0 Å². The summed E-state index contributed by atoms with van der Waals surface area (Å²) in [6.07, 6.45) is 0. The molecule has 0 fully saturated rings. The molecule has 1 amide bonds. The number of methoxy groups -OCH3 is 1.